The summed E-state index contributed by atoms with van der Waals surface area (Å²) in [4.78, 5) is 11.6. The van der Waals surface area contributed by atoms with Gasteiger partial charge in [0.15, 0.2) is 0 Å². The van der Waals surface area contributed by atoms with Crippen molar-refractivity contribution in [2.24, 2.45) is 0 Å². The maximum Gasteiger partial charge on any atom is 0.238 e. The van der Waals surface area contributed by atoms with E-state index in [2.05, 4.69) is 15.4 Å². The topological polar surface area (TPSA) is 87.3 Å². The molecule has 0 bridgehead atoms. The lowest BCUT2D eigenvalue weighted by molar-refractivity contribution is -0.115. The lowest BCUT2D eigenvalue weighted by Crippen LogP contribution is -2.28. The Bertz CT molecular complexity index is 575. The van der Waals surface area contributed by atoms with E-state index in [-0.39, 0.29) is 23.2 Å². The molecule has 0 saturated carbocycles. The van der Waals surface area contributed by atoms with Gasteiger partial charge >= 0.3 is 0 Å². The second-order valence-corrected chi connectivity index (χ2v) is 6.45. The van der Waals surface area contributed by atoms with Crippen LogP contribution in [0.1, 0.15) is 13.3 Å². The van der Waals surface area contributed by atoms with Crippen LogP contribution in [0.3, 0.4) is 0 Å². The fourth-order valence-corrected chi connectivity index (χ4v) is 2.32. The number of benzene rings is 1. The van der Waals surface area contributed by atoms with Crippen LogP contribution >= 0.6 is 11.6 Å². The van der Waals surface area contributed by atoms with Gasteiger partial charge in [0.05, 0.1) is 23.5 Å². The first-order valence-electron chi connectivity index (χ1n) is 6.09. The molecule has 0 unspecified atom stereocenters. The standard InChI is InChI=1S/C12H18ClN3O3S/c1-3-6-14-8-12(17)15-9-4-5-11(10(13)7-9)16-20(2,18)19/h4-5,7,14,16H,3,6,8H2,1-2H3,(H,15,17). The first-order valence-corrected chi connectivity index (χ1v) is 8.36. The molecule has 0 saturated heterocycles. The minimum Gasteiger partial charge on any atom is -0.325 e. The molecular weight excluding hydrogens is 302 g/mol. The van der Waals surface area contributed by atoms with E-state index in [0.717, 1.165) is 19.2 Å². The minimum atomic E-state index is -3.38. The van der Waals surface area contributed by atoms with Crippen LogP contribution in [0.2, 0.25) is 5.02 Å². The summed E-state index contributed by atoms with van der Waals surface area (Å²) >= 11 is 5.95. The highest BCUT2D eigenvalue weighted by atomic mass is 35.5. The number of halogens is 1. The van der Waals surface area contributed by atoms with Crippen molar-refractivity contribution < 1.29 is 13.2 Å². The van der Waals surface area contributed by atoms with Gasteiger partial charge in [-0.05, 0) is 31.2 Å². The van der Waals surface area contributed by atoms with Crippen molar-refractivity contribution in [1.29, 1.82) is 0 Å². The molecule has 0 aliphatic rings. The van der Waals surface area contributed by atoms with E-state index >= 15 is 0 Å². The van der Waals surface area contributed by atoms with Gasteiger partial charge in [0.25, 0.3) is 0 Å². The number of carbonyl (C=O) groups is 1. The SMILES string of the molecule is CCCNCC(=O)Nc1ccc(NS(C)(=O)=O)c(Cl)c1. The van der Waals surface area contributed by atoms with E-state index in [4.69, 9.17) is 11.6 Å². The summed E-state index contributed by atoms with van der Waals surface area (Å²) in [7, 11) is -3.38. The van der Waals surface area contributed by atoms with Crippen LogP contribution in [0.5, 0.6) is 0 Å². The van der Waals surface area contributed by atoms with Gasteiger partial charge in [-0.1, -0.05) is 18.5 Å². The molecule has 0 aromatic heterocycles. The van der Waals surface area contributed by atoms with Crippen molar-refractivity contribution in [2.45, 2.75) is 13.3 Å². The fourth-order valence-electron chi connectivity index (χ4n) is 1.46. The van der Waals surface area contributed by atoms with Gasteiger partial charge in [0.1, 0.15) is 0 Å². The molecule has 0 fully saturated rings. The number of anilines is 2. The Balaban J connectivity index is 2.65. The maximum atomic E-state index is 11.6. The largest absolute Gasteiger partial charge is 0.325 e. The number of hydrogen-bond acceptors (Lipinski definition) is 4. The van der Waals surface area contributed by atoms with Gasteiger partial charge in [-0.25, -0.2) is 8.42 Å². The highest BCUT2D eigenvalue weighted by molar-refractivity contribution is 7.92. The second kappa shape index (κ2) is 7.47. The third-order valence-corrected chi connectivity index (χ3v) is 3.16. The zero-order valence-electron chi connectivity index (χ0n) is 11.4. The Hall–Kier alpha value is -1.31. The van der Waals surface area contributed by atoms with Crippen LogP contribution in [-0.2, 0) is 14.8 Å². The summed E-state index contributed by atoms with van der Waals surface area (Å²) in [6.45, 7) is 3.00. The molecule has 8 heteroatoms. The van der Waals surface area contributed by atoms with E-state index in [1.807, 2.05) is 6.92 Å². The van der Waals surface area contributed by atoms with Gasteiger partial charge in [-0.3, -0.25) is 9.52 Å². The summed E-state index contributed by atoms with van der Waals surface area (Å²) in [6, 6.07) is 4.57. The molecule has 1 aromatic carbocycles. The molecular formula is C12H18ClN3O3S. The molecule has 1 rings (SSSR count). The molecule has 0 aliphatic heterocycles. The van der Waals surface area contributed by atoms with E-state index in [1.165, 1.54) is 12.1 Å². The van der Waals surface area contributed by atoms with E-state index < -0.39 is 10.0 Å². The molecule has 3 N–H and O–H groups in total. The molecule has 20 heavy (non-hydrogen) atoms. The van der Waals surface area contributed by atoms with Crippen LogP contribution in [0, 0.1) is 0 Å². The molecule has 0 spiro atoms. The highest BCUT2D eigenvalue weighted by Gasteiger charge is 2.08. The third-order valence-electron chi connectivity index (χ3n) is 2.26. The quantitative estimate of drug-likeness (QED) is 0.667. The summed E-state index contributed by atoms with van der Waals surface area (Å²) < 4.78 is 24.5. The Morgan fingerprint density at radius 3 is 2.60 bits per heavy atom. The van der Waals surface area contributed by atoms with Gasteiger partial charge in [0.2, 0.25) is 15.9 Å². The summed E-state index contributed by atoms with van der Waals surface area (Å²) in [5.74, 6) is -0.182. The van der Waals surface area contributed by atoms with Crippen molar-refractivity contribution in [1.82, 2.24) is 5.32 Å². The number of carbonyl (C=O) groups excluding carboxylic acids is 1. The normalized spacial score (nSPS) is 11.2. The monoisotopic (exact) mass is 319 g/mol. The Kier molecular flexibility index (Phi) is 6.25. The van der Waals surface area contributed by atoms with E-state index in [1.54, 1.807) is 6.07 Å². The molecule has 0 radical (unpaired) electrons. The Morgan fingerprint density at radius 1 is 1.35 bits per heavy atom. The number of sulfonamides is 1. The van der Waals surface area contributed by atoms with Gasteiger partial charge in [-0.2, -0.15) is 0 Å². The number of nitrogens with one attached hydrogen (secondary N) is 3. The number of amides is 1. The molecule has 0 heterocycles. The second-order valence-electron chi connectivity index (χ2n) is 4.29. The first kappa shape index (κ1) is 16.7. The highest BCUT2D eigenvalue weighted by Crippen LogP contribution is 2.26. The van der Waals surface area contributed by atoms with Crippen molar-refractivity contribution in [3.05, 3.63) is 23.2 Å². The van der Waals surface area contributed by atoms with Gasteiger partial charge in [0, 0.05) is 5.69 Å². The number of hydrogen-bond donors (Lipinski definition) is 3. The van der Waals surface area contributed by atoms with Crippen molar-refractivity contribution in [3.63, 3.8) is 0 Å². The number of rotatable bonds is 7. The lowest BCUT2D eigenvalue weighted by Gasteiger charge is -2.10. The average molecular weight is 320 g/mol. The van der Waals surface area contributed by atoms with Crippen molar-refractivity contribution >= 4 is 38.9 Å². The van der Waals surface area contributed by atoms with Crippen LogP contribution in [0.15, 0.2) is 18.2 Å². The Labute approximate surface area is 123 Å². The molecule has 112 valence electrons. The zero-order chi connectivity index (χ0) is 15.2. The first-order chi connectivity index (χ1) is 9.31. The summed E-state index contributed by atoms with van der Waals surface area (Å²) in [5, 5.41) is 5.86. The van der Waals surface area contributed by atoms with Gasteiger partial charge in [-0.15, -0.1) is 0 Å². The van der Waals surface area contributed by atoms with Crippen molar-refractivity contribution in [3.8, 4) is 0 Å². The summed E-state index contributed by atoms with van der Waals surface area (Å²) in [6.07, 6.45) is 1.99. The maximum absolute atomic E-state index is 11.6. The minimum absolute atomic E-state index is 0.182. The fraction of sp³-hybridized carbons (Fsp3) is 0.417. The predicted octanol–water partition coefficient (Wildman–Crippen LogP) is 1.65. The smallest absolute Gasteiger partial charge is 0.238 e. The van der Waals surface area contributed by atoms with Crippen LogP contribution in [0.25, 0.3) is 0 Å². The zero-order valence-corrected chi connectivity index (χ0v) is 12.9. The van der Waals surface area contributed by atoms with Crippen LogP contribution in [0.4, 0.5) is 11.4 Å². The molecule has 0 atom stereocenters. The Morgan fingerprint density at radius 2 is 2.05 bits per heavy atom. The van der Waals surface area contributed by atoms with Crippen LogP contribution in [-0.4, -0.2) is 33.7 Å². The molecule has 1 amide bonds. The van der Waals surface area contributed by atoms with Crippen LogP contribution < -0.4 is 15.4 Å². The lowest BCUT2D eigenvalue weighted by atomic mass is 10.3. The van der Waals surface area contributed by atoms with E-state index in [9.17, 15) is 13.2 Å². The predicted molar refractivity (Wildman–Crippen MR) is 81.7 cm³/mol. The molecule has 0 aliphatic carbocycles. The molecule has 1 aromatic rings. The molecule has 6 nitrogen and oxygen atoms in total. The summed E-state index contributed by atoms with van der Waals surface area (Å²) in [5.41, 5.74) is 0.786. The third kappa shape index (κ3) is 6.23. The average Bonchev–Trinajstić information content (AvgIpc) is 2.31. The van der Waals surface area contributed by atoms with Gasteiger partial charge < -0.3 is 10.6 Å². The van der Waals surface area contributed by atoms with Crippen molar-refractivity contribution in [2.75, 3.05) is 29.4 Å². The van der Waals surface area contributed by atoms with E-state index in [0.29, 0.717) is 5.69 Å².